The highest BCUT2D eigenvalue weighted by Crippen LogP contribution is 2.29. The molecule has 1 aromatic heterocycles. The third-order valence-corrected chi connectivity index (χ3v) is 3.67. The molecule has 0 aliphatic rings. The van der Waals surface area contributed by atoms with Gasteiger partial charge in [-0.25, -0.2) is 9.18 Å². The van der Waals surface area contributed by atoms with Crippen LogP contribution in [0.5, 0.6) is 0 Å². The van der Waals surface area contributed by atoms with Crippen molar-refractivity contribution in [3.05, 3.63) is 41.3 Å². The second-order valence-electron chi connectivity index (χ2n) is 4.86. The Bertz CT molecular complexity index is 864. The number of aromatic nitrogens is 1. The number of hydrogen-bond acceptors (Lipinski definition) is 3. The van der Waals surface area contributed by atoms with Crippen LogP contribution < -0.4 is 0 Å². The van der Waals surface area contributed by atoms with Crippen molar-refractivity contribution in [3.63, 3.8) is 0 Å². The van der Waals surface area contributed by atoms with E-state index in [-0.39, 0.29) is 5.57 Å². The first-order valence-electron chi connectivity index (χ1n) is 6.73. The number of carboxylic acid groups (broad SMARTS) is 1. The monoisotopic (exact) mass is 334 g/mol. The lowest BCUT2D eigenvalue weighted by Gasteiger charge is -2.13. The number of nitrogens with zero attached hydrogens (tertiary/aromatic N) is 2. The molecule has 0 radical (unpaired) electrons. The van der Waals surface area contributed by atoms with Crippen LogP contribution in [0.2, 0.25) is 0 Å². The predicted molar refractivity (Wildman–Crippen MR) is 83.3 cm³/mol. The highest BCUT2D eigenvalue weighted by atomic mass is 35.5. The predicted octanol–water partition coefficient (Wildman–Crippen LogP) is 3.49. The summed E-state index contributed by atoms with van der Waals surface area (Å²) in [6, 6.07) is 4.72. The molecule has 0 bridgehead atoms. The Balaban J connectivity index is 2.76. The first-order valence-corrected chi connectivity index (χ1v) is 7.11. The van der Waals surface area contributed by atoms with E-state index >= 15 is 0 Å². The van der Waals surface area contributed by atoms with Gasteiger partial charge in [0.2, 0.25) is 0 Å². The highest BCUT2D eigenvalue weighted by molar-refractivity contribution is 6.68. The van der Waals surface area contributed by atoms with Crippen LogP contribution in [0.25, 0.3) is 17.0 Å². The lowest BCUT2D eigenvalue weighted by atomic mass is 10.1. The molecule has 0 fully saturated rings. The van der Waals surface area contributed by atoms with Crippen LogP contribution in [0.4, 0.5) is 4.39 Å². The molecule has 0 amide bonds. The molecule has 1 heterocycles. The zero-order chi connectivity index (χ0) is 17.1. The molecule has 0 aliphatic heterocycles. The van der Waals surface area contributed by atoms with Crippen molar-refractivity contribution in [1.82, 2.24) is 4.57 Å². The third kappa shape index (κ3) is 3.25. The Morgan fingerprint density at radius 2 is 2.22 bits per heavy atom. The number of aliphatic carboxylic acids is 1. The van der Waals surface area contributed by atoms with Gasteiger partial charge < -0.3 is 9.67 Å². The van der Waals surface area contributed by atoms with Crippen molar-refractivity contribution in [2.24, 2.45) is 0 Å². The number of allylic oxidation sites excluding steroid dienone is 1. The summed E-state index contributed by atoms with van der Waals surface area (Å²) < 4.78 is 15.0. The molecule has 1 atom stereocenters. The van der Waals surface area contributed by atoms with Gasteiger partial charge in [-0.2, -0.15) is 5.26 Å². The van der Waals surface area contributed by atoms with Gasteiger partial charge >= 0.3 is 5.97 Å². The van der Waals surface area contributed by atoms with Gasteiger partial charge in [-0.1, -0.05) is 6.92 Å². The second kappa shape index (κ2) is 6.63. The van der Waals surface area contributed by atoms with Gasteiger partial charge in [0, 0.05) is 22.7 Å². The van der Waals surface area contributed by atoms with Crippen molar-refractivity contribution in [2.75, 3.05) is 0 Å². The summed E-state index contributed by atoms with van der Waals surface area (Å²) in [5, 5.41) is 17.7. The van der Waals surface area contributed by atoms with Crippen molar-refractivity contribution in [1.29, 1.82) is 5.26 Å². The Kier molecular flexibility index (Phi) is 4.82. The lowest BCUT2D eigenvalue weighted by Crippen LogP contribution is -2.17. The van der Waals surface area contributed by atoms with Gasteiger partial charge in [0.1, 0.15) is 23.5 Å². The SMILES string of the molecule is CCC(C(=O)O)n1cc(/C=C(\C#N)C(=O)Cl)c2cc(F)ccc21. The van der Waals surface area contributed by atoms with Crippen molar-refractivity contribution in [3.8, 4) is 6.07 Å². The van der Waals surface area contributed by atoms with Crippen LogP contribution >= 0.6 is 11.6 Å². The summed E-state index contributed by atoms with van der Waals surface area (Å²) in [5.74, 6) is -1.54. The second-order valence-corrected chi connectivity index (χ2v) is 5.20. The molecule has 1 aromatic carbocycles. The van der Waals surface area contributed by atoms with Crippen LogP contribution in [0, 0.1) is 17.1 Å². The summed E-state index contributed by atoms with van der Waals surface area (Å²) in [6.07, 6.45) is 3.02. The molecule has 5 nitrogen and oxygen atoms in total. The number of carboxylic acids is 1. The van der Waals surface area contributed by atoms with E-state index < -0.39 is 23.1 Å². The molecule has 0 aliphatic carbocycles. The van der Waals surface area contributed by atoms with E-state index in [9.17, 15) is 19.1 Å². The van der Waals surface area contributed by atoms with Gasteiger partial charge in [-0.05, 0) is 42.3 Å². The Labute approximate surface area is 136 Å². The maximum Gasteiger partial charge on any atom is 0.326 e. The molecule has 0 spiro atoms. The molecule has 23 heavy (non-hydrogen) atoms. The largest absolute Gasteiger partial charge is 0.480 e. The van der Waals surface area contributed by atoms with Crippen LogP contribution in [-0.2, 0) is 9.59 Å². The van der Waals surface area contributed by atoms with E-state index in [2.05, 4.69) is 0 Å². The van der Waals surface area contributed by atoms with E-state index in [1.54, 1.807) is 13.0 Å². The molecule has 1 unspecified atom stereocenters. The highest BCUT2D eigenvalue weighted by Gasteiger charge is 2.21. The number of benzene rings is 1. The average Bonchev–Trinajstić information content (AvgIpc) is 2.82. The topological polar surface area (TPSA) is 83.1 Å². The first-order chi connectivity index (χ1) is 10.9. The van der Waals surface area contributed by atoms with Crippen LogP contribution in [0.15, 0.2) is 30.0 Å². The minimum Gasteiger partial charge on any atom is -0.480 e. The van der Waals surface area contributed by atoms with Gasteiger partial charge in [0.25, 0.3) is 5.24 Å². The van der Waals surface area contributed by atoms with Gasteiger partial charge in [-0.3, -0.25) is 4.79 Å². The van der Waals surface area contributed by atoms with Gasteiger partial charge in [-0.15, -0.1) is 0 Å². The van der Waals surface area contributed by atoms with Crippen molar-refractivity contribution < 1.29 is 19.1 Å². The Morgan fingerprint density at radius 1 is 1.52 bits per heavy atom. The third-order valence-electron chi connectivity index (χ3n) is 3.47. The minimum atomic E-state index is -1.03. The first kappa shape index (κ1) is 16.7. The van der Waals surface area contributed by atoms with E-state index in [0.29, 0.717) is 22.9 Å². The number of hydrogen-bond donors (Lipinski definition) is 1. The summed E-state index contributed by atoms with van der Waals surface area (Å²) in [7, 11) is 0. The number of carbonyl (C=O) groups is 2. The van der Waals surface area contributed by atoms with E-state index in [0.717, 1.165) is 0 Å². The Hall–Kier alpha value is -2.65. The zero-order valence-corrected chi connectivity index (χ0v) is 12.8. The van der Waals surface area contributed by atoms with Crippen molar-refractivity contribution in [2.45, 2.75) is 19.4 Å². The molecule has 2 rings (SSSR count). The number of fused-ring (bicyclic) bond motifs is 1. The van der Waals surface area contributed by atoms with Crippen molar-refractivity contribution >= 4 is 39.8 Å². The van der Waals surface area contributed by atoms with E-state index in [1.165, 1.54) is 35.0 Å². The fraction of sp³-hybridized carbons (Fsp3) is 0.188. The lowest BCUT2D eigenvalue weighted by molar-refractivity contribution is -0.140. The molecule has 0 saturated heterocycles. The van der Waals surface area contributed by atoms with Crippen LogP contribution in [0.1, 0.15) is 24.9 Å². The minimum absolute atomic E-state index is 0.307. The summed E-state index contributed by atoms with van der Waals surface area (Å²) >= 11 is 5.32. The van der Waals surface area contributed by atoms with Crippen LogP contribution in [0.3, 0.4) is 0 Å². The summed E-state index contributed by atoms with van der Waals surface area (Å²) in [5.41, 5.74) is 0.536. The molecular formula is C16H12ClFN2O3. The normalized spacial score (nSPS) is 12.9. The standard InChI is InChI=1S/C16H12ClFN2O3/c1-2-13(16(22)23)20-8-10(5-9(7-19)15(17)21)12-6-11(18)3-4-14(12)20/h3-6,8,13H,2H2,1H3,(H,22,23)/b9-5+. The number of rotatable bonds is 5. The molecule has 1 N–H and O–H groups in total. The van der Waals surface area contributed by atoms with E-state index in [1.807, 2.05) is 0 Å². The molecule has 2 aromatic rings. The summed E-state index contributed by atoms with van der Waals surface area (Å²) in [6.45, 7) is 1.71. The maximum atomic E-state index is 13.5. The fourth-order valence-electron chi connectivity index (χ4n) is 2.41. The number of carbonyl (C=O) groups excluding carboxylic acids is 1. The molecule has 118 valence electrons. The quantitative estimate of drug-likeness (QED) is 0.515. The summed E-state index contributed by atoms with van der Waals surface area (Å²) in [4.78, 5) is 22.6. The van der Waals surface area contributed by atoms with E-state index in [4.69, 9.17) is 16.9 Å². The number of halogens is 2. The molecule has 0 saturated carbocycles. The maximum absolute atomic E-state index is 13.5. The average molecular weight is 335 g/mol. The van der Waals surface area contributed by atoms with Gasteiger partial charge in [0.05, 0.1) is 0 Å². The molecule has 7 heteroatoms. The van der Waals surface area contributed by atoms with Gasteiger partial charge in [0.15, 0.2) is 0 Å². The zero-order valence-electron chi connectivity index (χ0n) is 12.1. The van der Waals surface area contributed by atoms with Crippen LogP contribution in [-0.4, -0.2) is 20.9 Å². The fourth-order valence-corrected chi connectivity index (χ4v) is 2.50. The smallest absolute Gasteiger partial charge is 0.326 e. The Morgan fingerprint density at radius 3 is 2.74 bits per heavy atom. The molecular weight excluding hydrogens is 323 g/mol. The number of nitriles is 1.